The minimum Gasteiger partial charge on any atom is -0.456 e. The van der Waals surface area contributed by atoms with Crippen LogP contribution < -0.4 is 10.2 Å². The highest BCUT2D eigenvalue weighted by Crippen LogP contribution is 2.43. The first-order valence-corrected chi connectivity index (χ1v) is 12.2. The third kappa shape index (κ3) is 3.45. The summed E-state index contributed by atoms with van der Waals surface area (Å²) in [6, 6.07) is 40.8. The number of benzene rings is 5. The Balaban J connectivity index is 1.43. The van der Waals surface area contributed by atoms with Crippen molar-refractivity contribution in [1.29, 1.82) is 0 Å². The largest absolute Gasteiger partial charge is 0.456 e. The van der Waals surface area contributed by atoms with Crippen LogP contribution in [0.3, 0.4) is 0 Å². The van der Waals surface area contributed by atoms with Crippen molar-refractivity contribution in [3.63, 3.8) is 0 Å². The van der Waals surface area contributed by atoms with Crippen LogP contribution >= 0.6 is 0 Å². The summed E-state index contributed by atoms with van der Waals surface area (Å²) in [5, 5.41) is 6.83. The minimum absolute atomic E-state index is 0.696. The molecule has 3 nitrogen and oxygen atoms in total. The molecule has 7 rings (SSSR count). The lowest BCUT2D eigenvalue weighted by Crippen LogP contribution is -2.10. The highest BCUT2D eigenvalue weighted by Gasteiger charge is 2.22. The van der Waals surface area contributed by atoms with Gasteiger partial charge in [-0.2, -0.15) is 0 Å². The lowest BCUT2D eigenvalue weighted by molar-refractivity contribution is 0.533. The molecule has 5 aromatic carbocycles. The van der Waals surface area contributed by atoms with Crippen LogP contribution in [0, 0.1) is 0 Å². The van der Waals surface area contributed by atoms with Crippen LogP contribution in [0.1, 0.15) is 11.3 Å². The molecule has 0 saturated heterocycles. The van der Waals surface area contributed by atoms with Gasteiger partial charge in [-0.05, 0) is 64.5 Å². The fourth-order valence-corrected chi connectivity index (χ4v) is 5.13. The number of fused-ring (bicyclic) bond motifs is 4. The number of hydrogen-bond acceptors (Lipinski definition) is 3. The second-order valence-corrected chi connectivity index (χ2v) is 9.09. The van der Waals surface area contributed by atoms with Crippen LogP contribution in [0.5, 0.6) is 0 Å². The Morgan fingerprint density at radius 2 is 1.39 bits per heavy atom. The standard InChI is InChI=1S/C33H24N2O/c1-2-7-23(8-3-1)25-13-16-27(17-14-25)35(28-18-15-24-9-4-5-10-26(24)21-28)31-12-6-11-30-29-19-20-34-22-32(29)36-33(30)31/h1-21,34H,22H2. The van der Waals surface area contributed by atoms with Gasteiger partial charge in [-0.25, -0.2) is 0 Å². The molecule has 0 radical (unpaired) electrons. The molecule has 0 saturated carbocycles. The number of rotatable bonds is 4. The van der Waals surface area contributed by atoms with Gasteiger partial charge in [-0.1, -0.05) is 84.9 Å². The molecule has 6 aromatic rings. The molecular weight excluding hydrogens is 440 g/mol. The summed E-state index contributed by atoms with van der Waals surface area (Å²) in [6.07, 6.45) is 4.09. The third-order valence-corrected chi connectivity index (χ3v) is 6.91. The van der Waals surface area contributed by atoms with Gasteiger partial charge in [0.05, 0.1) is 12.2 Å². The van der Waals surface area contributed by atoms with Gasteiger partial charge in [0, 0.05) is 22.3 Å². The fraction of sp³-hybridized carbons (Fsp3) is 0.0303. The Kier molecular flexibility index (Phi) is 4.85. The van der Waals surface area contributed by atoms with E-state index in [1.54, 1.807) is 0 Å². The van der Waals surface area contributed by atoms with Gasteiger partial charge in [0.15, 0.2) is 5.58 Å². The summed E-state index contributed by atoms with van der Waals surface area (Å²) in [5.74, 6) is 0.970. The molecule has 1 aromatic heterocycles. The van der Waals surface area contributed by atoms with E-state index in [0.717, 1.165) is 39.4 Å². The van der Waals surface area contributed by atoms with Crippen molar-refractivity contribution in [3.8, 4) is 11.1 Å². The van der Waals surface area contributed by atoms with Crippen LogP contribution in [0.4, 0.5) is 17.1 Å². The zero-order valence-corrected chi connectivity index (χ0v) is 19.7. The molecule has 36 heavy (non-hydrogen) atoms. The monoisotopic (exact) mass is 464 g/mol. The van der Waals surface area contributed by atoms with E-state index in [0.29, 0.717) is 6.54 Å². The fourth-order valence-electron chi connectivity index (χ4n) is 5.13. The first-order valence-electron chi connectivity index (χ1n) is 12.2. The molecule has 0 atom stereocenters. The van der Waals surface area contributed by atoms with Crippen LogP contribution in [0.25, 0.3) is 38.9 Å². The third-order valence-electron chi connectivity index (χ3n) is 6.91. The predicted molar refractivity (Wildman–Crippen MR) is 150 cm³/mol. The average molecular weight is 465 g/mol. The van der Waals surface area contributed by atoms with Crippen LogP contribution in [0.15, 0.2) is 126 Å². The summed E-state index contributed by atoms with van der Waals surface area (Å²) >= 11 is 0. The molecular formula is C33H24N2O. The second kappa shape index (κ2) is 8.47. The highest BCUT2D eigenvalue weighted by molar-refractivity contribution is 6.01. The number of hydrogen-bond donors (Lipinski definition) is 1. The van der Waals surface area contributed by atoms with E-state index in [9.17, 15) is 0 Å². The Labute approximate surface area is 209 Å². The molecule has 0 aliphatic carbocycles. The van der Waals surface area contributed by atoms with Gasteiger partial charge in [0.1, 0.15) is 5.76 Å². The maximum Gasteiger partial charge on any atom is 0.159 e. The zero-order chi connectivity index (χ0) is 23.9. The SMILES string of the molecule is C1=Cc2c(oc3c(N(c4ccc(-c5ccccc5)cc4)c4ccc5ccccc5c4)cccc23)CN1. The Hall–Kier alpha value is -4.76. The Morgan fingerprint density at radius 1 is 0.639 bits per heavy atom. The molecule has 3 heteroatoms. The molecule has 0 bridgehead atoms. The van der Waals surface area contributed by atoms with Gasteiger partial charge >= 0.3 is 0 Å². The molecule has 0 unspecified atom stereocenters. The molecule has 0 fully saturated rings. The number of furan rings is 1. The average Bonchev–Trinajstić information content (AvgIpc) is 3.34. The van der Waals surface area contributed by atoms with E-state index in [-0.39, 0.29) is 0 Å². The van der Waals surface area contributed by atoms with Crippen LogP contribution in [-0.4, -0.2) is 0 Å². The van der Waals surface area contributed by atoms with E-state index in [1.165, 1.54) is 21.9 Å². The van der Waals surface area contributed by atoms with Crippen LogP contribution in [-0.2, 0) is 6.54 Å². The van der Waals surface area contributed by atoms with Crippen LogP contribution in [0.2, 0.25) is 0 Å². The van der Waals surface area contributed by atoms with E-state index in [1.807, 2.05) is 12.3 Å². The minimum atomic E-state index is 0.696. The predicted octanol–water partition coefficient (Wildman–Crippen LogP) is 8.80. The zero-order valence-electron chi connectivity index (χ0n) is 19.7. The van der Waals surface area contributed by atoms with Crippen molar-refractivity contribution < 1.29 is 4.42 Å². The first kappa shape index (κ1) is 20.6. The summed E-state index contributed by atoms with van der Waals surface area (Å²) in [7, 11) is 0. The van der Waals surface area contributed by atoms with Crippen molar-refractivity contribution in [2.24, 2.45) is 0 Å². The maximum atomic E-state index is 6.47. The number of para-hydroxylation sites is 1. The number of nitrogens with one attached hydrogen (secondary N) is 1. The smallest absolute Gasteiger partial charge is 0.159 e. The number of anilines is 3. The molecule has 0 spiro atoms. The quantitative estimate of drug-likeness (QED) is 0.283. The lowest BCUT2D eigenvalue weighted by atomic mass is 10.0. The number of nitrogens with zero attached hydrogens (tertiary/aromatic N) is 1. The normalized spacial score (nSPS) is 12.4. The molecule has 172 valence electrons. The van der Waals surface area contributed by atoms with E-state index in [2.05, 4.69) is 125 Å². The Bertz CT molecular complexity index is 1730. The molecule has 1 N–H and O–H groups in total. The van der Waals surface area contributed by atoms with Gasteiger partial charge in [0.2, 0.25) is 0 Å². The van der Waals surface area contributed by atoms with Gasteiger partial charge in [-0.15, -0.1) is 0 Å². The van der Waals surface area contributed by atoms with E-state index < -0.39 is 0 Å². The summed E-state index contributed by atoms with van der Waals surface area (Å²) in [4.78, 5) is 2.30. The van der Waals surface area contributed by atoms with Crippen molar-refractivity contribution in [2.75, 3.05) is 4.90 Å². The summed E-state index contributed by atoms with van der Waals surface area (Å²) in [6.45, 7) is 0.696. The van der Waals surface area contributed by atoms with E-state index >= 15 is 0 Å². The van der Waals surface area contributed by atoms with Crippen molar-refractivity contribution in [1.82, 2.24) is 5.32 Å². The highest BCUT2D eigenvalue weighted by atomic mass is 16.3. The Morgan fingerprint density at radius 3 is 2.25 bits per heavy atom. The van der Waals surface area contributed by atoms with Crippen molar-refractivity contribution >= 4 is 44.9 Å². The van der Waals surface area contributed by atoms with Crippen molar-refractivity contribution in [2.45, 2.75) is 6.54 Å². The first-order chi connectivity index (χ1) is 17.8. The maximum absolute atomic E-state index is 6.47. The summed E-state index contributed by atoms with van der Waals surface area (Å²) in [5.41, 5.74) is 7.66. The van der Waals surface area contributed by atoms with Crippen molar-refractivity contribution in [3.05, 3.63) is 133 Å². The molecule has 0 amide bonds. The topological polar surface area (TPSA) is 28.4 Å². The second-order valence-electron chi connectivity index (χ2n) is 9.09. The van der Waals surface area contributed by atoms with E-state index in [4.69, 9.17) is 4.42 Å². The molecule has 1 aliphatic heterocycles. The van der Waals surface area contributed by atoms with Gasteiger partial charge < -0.3 is 14.6 Å². The van der Waals surface area contributed by atoms with Gasteiger partial charge in [0.25, 0.3) is 0 Å². The molecule has 1 aliphatic rings. The van der Waals surface area contributed by atoms with Gasteiger partial charge in [-0.3, -0.25) is 0 Å². The lowest BCUT2D eigenvalue weighted by Gasteiger charge is -2.26. The summed E-state index contributed by atoms with van der Waals surface area (Å²) < 4.78 is 6.47. The molecule has 2 heterocycles.